The number of hydrogen-bond donors (Lipinski definition) is 2. The smallest absolute Gasteiger partial charge is 0.234 e. The number of rotatable bonds is 5. The zero-order valence-electron chi connectivity index (χ0n) is 10.7. The Bertz CT molecular complexity index is 408. The Morgan fingerprint density at radius 3 is 2.76 bits per heavy atom. The fourth-order valence-electron chi connectivity index (χ4n) is 1.98. The molecule has 1 aliphatic carbocycles. The number of carbonyl (C=O) groups excluding carboxylic acids is 1. The van der Waals surface area contributed by atoms with Gasteiger partial charge in [-0.15, -0.1) is 0 Å². The highest BCUT2D eigenvalue weighted by Gasteiger charge is 2.22. The van der Waals surface area contributed by atoms with Crippen LogP contribution >= 0.6 is 0 Å². The Balaban J connectivity index is 1.84. The fourth-order valence-corrected chi connectivity index (χ4v) is 1.98. The zero-order chi connectivity index (χ0) is 12.4. The first-order valence-corrected chi connectivity index (χ1v) is 6.16. The van der Waals surface area contributed by atoms with Gasteiger partial charge in [0.05, 0.1) is 12.6 Å². The van der Waals surface area contributed by atoms with E-state index >= 15 is 0 Å². The Morgan fingerprint density at radius 1 is 1.53 bits per heavy atom. The van der Waals surface area contributed by atoms with Crippen molar-refractivity contribution in [1.29, 1.82) is 0 Å². The van der Waals surface area contributed by atoms with Crippen LogP contribution in [0.4, 0.5) is 0 Å². The van der Waals surface area contributed by atoms with Crippen molar-refractivity contribution in [3.8, 4) is 0 Å². The van der Waals surface area contributed by atoms with Gasteiger partial charge < -0.3 is 15.1 Å². The first-order chi connectivity index (χ1) is 8.06. The molecule has 4 nitrogen and oxygen atoms in total. The second-order valence-corrected chi connectivity index (χ2v) is 4.81. The largest absolute Gasteiger partial charge is 0.466 e. The van der Waals surface area contributed by atoms with E-state index in [2.05, 4.69) is 10.6 Å². The van der Waals surface area contributed by atoms with Crippen LogP contribution in [0.25, 0.3) is 0 Å². The molecule has 1 aromatic heterocycles. The monoisotopic (exact) mass is 236 g/mol. The van der Waals surface area contributed by atoms with Gasteiger partial charge in [0, 0.05) is 11.6 Å². The van der Waals surface area contributed by atoms with E-state index in [0.29, 0.717) is 12.6 Å². The quantitative estimate of drug-likeness (QED) is 0.820. The SMILES string of the molecule is Cc1cc(C(C)NC(=O)CNC2CC2)c(C)o1. The average molecular weight is 236 g/mol. The van der Waals surface area contributed by atoms with Crippen LogP contribution in [-0.4, -0.2) is 18.5 Å². The lowest BCUT2D eigenvalue weighted by Gasteiger charge is -2.13. The Labute approximate surface area is 102 Å². The molecular weight excluding hydrogens is 216 g/mol. The summed E-state index contributed by atoms with van der Waals surface area (Å²) < 4.78 is 5.46. The first-order valence-electron chi connectivity index (χ1n) is 6.16. The molecule has 2 rings (SSSR count). The van der Waals surface area contributed by atoms with Gasteiger partial charge in [0.15, 0.2) is 0 Å². The molecule has 1 aromatic rings. The number of carbonyl (C=O) groups is 1. The van der Waals surface area contributed by atoms with Gasteiger partial charge in [0.25, 0.3) is 0 Å². The lowest BCUT2D eigenvalue weighted by atomic mass is 10.1. The second kappa shape index (κ2) is 4.92. The van der Waals surface area contributed by atoms with E-state index in [1.807, 2.05) is 26.8 Å². The maximum atomic E-state index is 11.7. The number of nitrogens with one attached hydrogen (secondary N) is 2. The Hall–Kier alpha value is -1.29. The van der Waals surface area contributed by atoms with E-state index < -0.39 is 0 Å². The minimum atomic E-state index is 0.000882. The van der Waals surface area contributed by atoms with Crippen LogP contribution in [0.2, 0.25) is 0 Å². The Morgan fingerprint density at radius 2 is 2.24 bits per heavy atom. The van der Waals surface area contributed by atoms with Gasteiger partial charge in [-0.1, -0.05) is 0 Å². The summed E-state index contributed by atoms with van der Waals surface area (Å²) in [7, 11) is 0. The molecule has 1 atom stereocenters. The van der Waals surface area contributed by atoms with Gasteiger partial charge >= 0.3 is 0 Å². The van der Waals surface area contributed by atoms with Crippen LogP contribution in [-0.2, 0) is 4.79 Å². The van der Waals surface area contributed by atoms with Crippen LogP contribution in [0.5, 0.6) is 0 Å². The summed E-state index contributed by atoms with van der Waals surface area (Å²) in [4.78, 5) is 11.7. The predicted octanol–water partition coefficient (Wildman–Crippen LogP) is 1.83. The highest BCUT2D eigenvalue weighted by atomic mass is 16.3. The van der Waals surface area contributed by atoms with Crippen molar-refractivity contribution in [3.63, 3.8) is 0 Å². The van der Waals surface area contributed by atoms with Crippen molar-refractivity contribution in [2.24, 2.45) is 0 Å². The lowest BCUT2D eigenvalue weighted by Crippen LogP contribution is -2.36. The molecule has 1 unspecified atom stereocenters. The normalized spacial score (nSPS) is 16.9. The lowest BCUT2D eigenvalue weighted by molar-refractivity contribution is -0.120. The molecule has 2 N–H and O–H groups in total. The minimum Gasteiger partial charge on any atom is -0.466 e. The van der Waals surface area contributed by atoms with Gasteiger partial charge in [-0.25, -0.2) is 0 Å². The summed E-state index contributed by atoms with van der Waals surface area (Å²) >= 11 is 0. The predicted molar refractivity (Wildman–Crippen MR) is 65.8 cm³/mol. The second-order valence-electron chi connectivity index (χ2n) is 4.81. The van der Waals surface area contributed by atoms with Crippen molar-refractivity contribution >= 4 is 5.91 Å². The molecule has 1 heterocycles. The van der Waals surface area contributed by atoms with Crippen LogP contribution in [0.3, 0.4) is 0 Å². The molecule has 1 amide bonds. The van der Waals surface area contributed by atoms with E-state index in [-0.39, 0.29) is 11.9 Å². The molecule has 0 aliphatic heterocycles. The number of hydrogen-bond acceptors (Lipinski definition) is 3. The topological polar surface area (TPSA) is 54.3 Å². The van der Waals surface area contributed by atoms with Crippen LogP contribution < -0.4 is 10.6 Å². The van der Waals surface area contributed by atoms with Gasteiger partial charge in [-0.3, -0.25) is 4.79 Å². The maximum absolute atomic E-state index is 11.7. The van der Waals surface area contributed by atoms with Gasteiger partial charge in [0.2, 0.25) is 5.91 Å². The Kier molecular flexibility index (Phi) is 3.52. The molecule has 0 spiro atoms. The molecule has 0 aromatic carbocycles. The zero-order valence-corrected chi connectivity index (χ0v) is 10.7. The summed E-state index contributed by atoms with van der Waals surface area (Å²) in [6.45, 7) is 6.23. The molecular formula is C13H20N2O2. The maximum Gasteiger partial charge on any atom is 0.234 e. The molecule has 94 valence electrons. The van der Waals surface area contributed by atoms with Gasteiger partial charge in [-0.2, -0.15) is 0 Å². The van der Waals surface area contributed by atoms with Gasteiger partial charge in [0.1, 0.15) is 11.5 Å². The van der Waals surface area contributed by atoms with Crippen molar-refractivity contribution < 1.29 is 9.21 Å². The summed E-state index contributed by atoms with van der Waals surface area (Å²) in [6.07, 6.45) is 2.39. The van der Waals surface area contributed by atoms with Crippen LogP contribution in [0, 0.1) is 13.8 Å². The third kappa shape index (κ3) is 3.33. The number of furan rings is 1. The van der Waals surface area contributed by atoms with Crippen LogP contribution in [0.1, 0.15) is 42.9 Å². The molecule has 0 radical (unpaired) electrons. The van der Waals surface area contributed by atoms with E-state index in [1.165, 1.54) is 12.8 Å². The van der Waals surface area contributed by atoms with Crippen molar-refractivity contribution in [1.82, 2.24) is 10.6 Å². The third-order valence-corrected chi connectivity index (χ3v) is 3.05. The molecule has 0 bridgehead atoms. The summed E-state index contributed by atoms with van der Waals surface area (Å²) in [5.74, 6) is 1.81. The van der Waals surface area contributed by atoms with Crippen molar-refractivity contribution in [3.05, 3.63) is 23.2 Å². The fraction of sp³-hybridized carbons (Fsp3) is 0.615. The highest BCUT2D eigenvalue weighted by molar-refractivity contribution is 5.78. The summed E-state index contributed by atoms with van der Waals surface area (Å²) in [6, 6.07) is 2.55. The van der Waals surface area contributed by atoms with E-state index in [1.54, 1.807) is 0 Å². The summed E-state index contributed by atoms with van der Waals surface area (Å²) in [5, 5.41) is 6.17. The molecule has 1 aliphatic rings. The van der Waals surface area contributed by atoms with Gasteiger partial charge in [-0.05, 0) is 39.7 Å². The van der Waals surface area contributed by atoms with E-state index in [0.717, 1.165) is 17.1 Å². The molecule has 0 saturated heterocycles. The highest BCUT2D eigenvalue weighted by Crippen LogP contribution is 2.21. The number of aryl methyl sites for hydroxylation is 2. The van der Waals surface area contributed by atoms with Crippen molar-refractivity contribution in [2.75, 3.05) is 6.54 Å². The summed E-state index contributed by atoms with van der Waals surface area (Å²) in [5.41, 5.74) is 1.06. The molecule has 1 fully saturated rings. The molecule has 4 heteroatoms. The standard InChI is InChI=1S/C13H20N2O2/c1-8-6-12(10(3)17-8)9(2)15-13(16)7-14-11-4-5-11/h6,9,11,14H,4-5,7H2,1-3H3,(H,15,16). The van der Waals surface area contributed by atoms with Crippen LogP contribution in [0.15, 0.2) is 10.5 Å². The van der Waals surface area contributed by atoms with E-state index in [4.69, 9.17) is 4.42 Å². The molecule has 17 heavy (non-hydrogen) atoms. The first kappa shape index (κ1) is 12.2. The number of amides is 1. The van der Waals surface area contributed by atoms with Crippen molar-refractivity contribution in [2.45, 2.75) is 45.7 Å². The minimum absolute atomic E-state index is 0.000882. The third-order valence-electron chi connectivity index (χ3n) is 3.05. The average Bonchev–Trinajstić information content (AvgIpc) is 3.01. The molecule has 1 saturated carbocycles. The van der Waals surface area contributed by atoms with E-state index in [9.17, 15) is 4.79 Å².